The first kappa shape index (κ1) is 12.1. The fourth-order valence-corrected chi connectivity index (χ4v) is 1.84. The van der Waals surface area contributed by atoms with E-state index in [9.17, 15) is 9.59 Å². The van der Waals surface area contributed by atoms with Gasteiger partial charge in [0.15, 0.2) is 0 Å². The van der Waals surface area contributed by atoms with Gasteiger partial charge in [0.1, 0.15) is 5.15 Å². The number of aromatic nitrogens is 3. The van der Waals surface area contributed by atoms with Gasteiger partial charge in [-0.2, -0.15) is 0 Å². The second-order valence-electron chi connectivity index (χ2n) is 3.32. The second kappa shape index (κ2) is 4.85. The molecule has 88 valence electrons. The number of H-pyrrole nitrogens is 1. The Morgan fingerprint density at radius 1 is 1.41 bits per heavy atom. The third-order valence-electron chi connectivity index (χ3n) is 2.07. The van der Waals surface area contributed by atoms with Gasteiger partial charge in [0.2, 0.25) is 0 Å². The van der Waals surface area contributed by atoms with Crippen LogP contribution in [0.4, 0.5) is 0 Å². The van der Waals surface area contributed by atoms with Crippen LogP contribution >= 0.6 is 27.5 Å². The van der Waals surface area contributed by atoms with Gasteiger partial charge in [0.25, 0.3) is 5.56 Å². The maximum absolute atomic E-state index is 11.5. The minimum atomic E-state index is -0.486. The molecule has 0 bridgehead atoms. The van der Waals surface area contributed by atoms with Crippen LogP contribution in [0, 0.1) is 0 Å². The van der Waals surface area contributed by atoms with Crippen molar-refractivity contribution < 1.29 is 0 Å². The fourth-order valence-electron chi connectivity index (χ4n) is 1.31. The van der Waals surface area contributed by atoms with Gasteiger partial charge < -0.3 is 0 Å². The van der Waals surface area contributed by atoms with E-state index >= 15 is 0 Å². The molecule has 2 aromatic rings. The molecule has 0 fully saturated rings. The van der Waals surface area contributed by atoms with Crippen LogP contribution in [-0.2, 0) is 6.54 Å². The highest BCUT2D eigenvalue weighted by molar-refractivity contribution is 9.10. The lowest BCUT2D eigenvalue weighted by Crippen LogP contribution is -2.30. The molecule has 0 aliphatic heterocycles. The van der Waals surface area contributed by atoms with Crippen LogP contribution in [0.2, 0.25) is 5.15 Å². The highest BCUT2D eigenvalue weighted by Crippen LogP contribution is 2.06. The summed E-state index contributed by atoms with van der Waals surface area (Å²) in [6.07, 6.45) is 1.42. The summed E-state index contributed by atoms with van der Waals surface area (Å²) in [6, 6.07) is 5.14. The van der Waals surface area contributed by atoms with Crippen molar-refractivity contribution in [3.05, 3.63) is 60.6 Å². The van der Waals surface area contributed by atoms with E-state index in [4.69, 9.17) is 11.6 Å². The van der Waals surface area contributed by atoms with Crippen LogP contribution in [-0.4, -0.2) is 14.5 Å². The third-order valence-corrected chi connectivity index (χ3v) is 2.85. The SMILES string of the molecule is O=c1[nH]c(=O)n(Cc2cccc(Cl)n2)cc1Br. The number of nitrogens with one attached hydrogen (secondary N) is 1. The number of pyridine rings is 1. The van der Waals surface area contributed by atoms with E-state index in [-0.39, 0.29) is 6.54 Å². The van der Waals surface area contributed by atoms with E-state index in [1.807, 2.05) is 0 Å². The maximum Gasteiger partial charge on any atom is 0.328 e. The Morgan fingerprint density at radius 3 is 2.88 bits per heavy atom. The minimum Gasteiger partial charge on any atom is -0.293 e. The van der Waals surface area contributed by atoms with Crippen LogP contribution in [0.25, 0.3) is 0 Å². The molecular formula is C10H7BrClN3O2. The van der Waals surface area contributed by atoms with E-state index in [0.29, 0.717) is 15.3 Å². The van der Waals surface area contributed by atoms with Crippen molar-refractivity contribution in [1.29, 1.82) is 0 Å². The molecule has 1 N–H and O–H groups in total. The number of halogens is 2. The molecule has 2 rings (SSSR count). The minimum absolute atomic E-state index is 0.245. The molecule has 2 heterocycles. The average Bonchev–Trinajstić information content (AvgIpc) is 2.26. The van der Waals surface area contributed by atoms with Crippen LogP contribution < -0.4 is 11.2 Å². The van der Waals surface area contributed by atoms with E-state index in [0.717, 1.165) is 0 Å². The van der Waals surface area contributed by atoms with E-state index in [1.165, 1.54) is 10.8 Å². The molecule has 0 atom stereocenters. The maximum atomic E-state index is 11.5. The highest BCUT2D eigenvalue weighted by atomic mass is 79.9. The fraction of sp³-hybridized carbons (Fsp3) is 0.100. The van der Waals surface area contributed by atoms with Crippen molar-refractivity contribution in [3.63, 3.8) is 0 Å². The summed E-state index contributed by atoms with van der Waals surface area (Å²) >= 11 is 8.80. The summed E-state index contributed by atoms with van der Waals surface area (Å²) in [5, 5.41) is 0.360. The van der Waals surface area contributed by atoms with Gasteiger partial charge in [-0.15, -0.1) is 0 Å². The first-order chi connectivity index (χ1) is 8.06. The topological polar surface area (TPSA) is 67.8 Å². The highest BCUT2D eigenvalue weighted by Gasteiger charge is 2.03. The predicted molar refractivity (Wildman–Crippen MR) is 67.4 cm³/mol. The van der Waals surface area contributed by atoms with Crippen molar-refractivity contribution in [1.82, 2.24) is 14.5 Å². The zero-order valence-electron chi connectivity index (χ0n) is 8.48. The van der Waals surface area contributed by atoms with Gasteiger partial charge in [-0.05, 0) is 28.1 Å². The summed E-state index contributed by atoms with van der Waals surface area (Å²) in [4.78, 5) is 28.9. The number of hydrogen-bond donors (Lipinski definition) is 1. The molecular weight excluding hydrogens is 309 g/mol. The molecule has 5 nitrogen and oxygen atoms in total. The molecule has 0 saturated carbocycles. The molecule has 0 radical (unpaired) electrons. The van der Waals surface area contributed by atoms with Crippen LogP contribution in [0.15, 0.2) is 38.5 Å². The lowest BCUT2D eigenvalue weighted by Gasteiger charge is -2.04. The molecule has 0 amide bonds. The van der Waals surface area contributed by atoms with Gasteiger partial charge in [0, 0.05) is 6.20 Å². The van der Waals surface area contributed by atoms with Gasteiger partial charge in [-0.1, -0.05) is 17.7 Å². The van der Waals surface area contributed by atoms with Crippen LogP contribution in [0.1, 0.15) is 5.69 Å². The monoisotopic (exact) mass is 315 g/mol. The first-order valence-corrected chi connectivity index (χ1v) is 5.84. The standard InChI is InChI=1S/C10H7BrClN3O2/c11-7-5-15(10(17)14-9(7)16)4-6-2-1-3-8(12)13-6/h1-3,5H,4H2,(H,14,16,17). The van der Waals surface area contributed by atoms with E-state index < -0.39 is 11.2 Å². The smallest absolute Gasteiger partial charge is 0.293 e. The lowest BCUT2D eigenvalue weighted by molar-refractivity contribution is 0.701. The predicted octanol–water partition coefficient (Wildman–Crippen LogP) is 1.40. The van der Waals surface area contributed by atoms with Gasteiger partial charge >= 0.3 is 5.69 Å². The normalized spacial score (nSPS) is 10.5. The zero-order chi connectivity index (χ0) is 12.4. The molecule has 7 heteroatoms. The molecule has 0 aromatic carbocycles. The molecule has 0 aliphatic carbocycles. The lowest BCUT2D eigenvalue weighted by atomic mass is 10.3. The van der Waals surface area contributed by atoms with E-state index in [1.54, 1.807) is 18.2 Å². The molecule has 2 aromatic heterocycles. The summed E-state index contributed by atoms with van der Waals surface area (Å²) < 4.78 is 1.63. The summed E-state index contributed by atoms with van der Waals surface area (Å²) in [7, 11) is 0. The quantitative estimate of drug-likeness (QED) is 0.852. The van der Waals surface area contributed by atoms with Crippen LogP contribution in [0.3, 0.4) is 0 Å². The van der Waals surface area contributed by atoms with Crippen LogP contribution in [0.5, 0.6) is 0 Å². The van der Waals surface area contributed by atoms with Gasteiger partial charge in [-0.3, -0.25) is 14.3 Å². The Balaban J connectivity index is 2.40. The second-order valence-corrected chi connectivity index (χ2v) is 4.56. The van der Waals surface area contributed by atoms with Gasteiger partial charge in [0.05, 0.1) is 16.7 Å². The number of rotatable bonds is 2. The number of nitrogens with zero attached hydrogens (tertiary/aromatic N) is 2. The summed E-state index contributed by atoms with van der Waals surface area (Å²) in [6.45, 7) is 0.245. The Labute approximate surface area is 109 Å². The van der Waals surface area contributed by atoms with Crippen molar-refractivity contribution in [2.75, 3.05) is 0 Å². The zero-order valence-corrected chi connectivity index (χ0v) is 10.8. The first-order valence-electron chi connectivity index (χ1n) is 4.67. The Hall–Kier alpha value is -1.40. The van der Waals surface area contributed by atoms with Gasteiger partial charge in [-0.25, -0.2) is 9.78 Å². The van der Waals surface area contributed by atoms with Crippen molar-refractivity contribution >= 4 is 27.5 Å². The van der Waals surface area contributed by atoms with Crippen molar-refractivity contribution in [2.45, 2.75) is 6.54 Å². The molecule has 0 spiro atoms. The number of aromatic amines is 1. The average molecular weight is 317 g/mol. The Kier molecular flexibility index (Phi) is 3.44. The Bertz CT molecular complexity index is 665. The molecule has 0 saturated heterocycles. The molecule has 17 heavy (non-hydrogen) atoms. The molecule has 0 aliphatic rings. The summed E-state index contributed by atoms with van der Waals surface area (Å²) in [5.41, 5.74) is -0.302. The van der Waals surface area contributed by atoms with E-state index in [2.05, 4.69) is 25.9 Å². The molecule has 0 unspecified atom stereocenters. The largest absolute Gasteiger partial charge is 0.328 e. The third kappa shape index (κ3) is 2.83. The summed E-state index contributed by atoms with van der Waals surface area (Å²) in [5.74, 6) is 0. The van der Waals surface area contributed by atoms with Crippen molar-refractivity contribution in [3.8, 4) is 0 Å². The van der Waals surface area contributed by atoms with Crippen molar-refractivity contribution in [2.24, 2.45) is 0 Å². The number of hydrogen-bond acceptors (Lipinski definition) is 3. The Morgan fingerprint density at radius 2 is 2.18 bits per heavy atom.